The van der Waals surface area contributed by atoms with E-state index in [0.717, 1.165) is 12.8 Å². The summed E-state index contributed by atoms with van der Waals surface area (Å²) in [5.41, 5.74) is 0. The monoisotopic (exact) mass is 228 g/mol. The van der Waals surface area contributed by atoms with Gasteiger partial charge in [-0.3, -0.25) is 9.59 Å². The number of carbonyl (C=O) groups is 2. The summed E-state index contributed by atoms with van der Waals surface area (Å²) >= 11 is 0. The van der Waals surface area contributed by atoms with Crippen LogP contribution >= 0.6 is 0 Å². The van der Waals surface area contributed by atoms with Gasteiger partial charge in [-0.25, -0.2) is 0 Å². The van der Waals surface area contributed by atoms with Crippen LogP contribution < -0.4 is 0 Å². The molecule has 0 aromatic heterocycles. The van der Waals surface area contributed by atoms with E-state index in [4.69, 9.17) is 4.74 Å². The molecule has 0 fully saturated rings. The molecule has 0 rings (SSSR count). The summed E-state index contributed by atoms with van der Waals surface area (Å²) in [7, 11) is 0. The molecule has 0 aliphatic rings. The molecule has 3 heteroatoms. The average molecular weight is 228 g/mol. The summed E-state index contributed by atoms with van der Waals surface area (Å²) in [6, 6.07) is 0. The van der Waals surface area contributed by atoms with E-state index in [1.165, 1.54) is 6.92 Å². The SMILES string of the molecule is CCC(=O)[C@H](C)C[C@@H](C)[C@H](CC)OC(C)=O. The highest BCUT2D eigenvalue weighted by molar-refractivity contribution is 5.80. The maximum atomic E-state index is 11.5. The Labute approximate surface area is 98.6 Å². The molecule has 3 nitrogen and oxygen atoms in total. The Balaban J connectivity index is 4.24. The van der Waals surface area contributed by atoms with E-state index in [0.29, 0.717) is 6.42 Å². The van der Waals surface area contributed by atoms with Gasteiger partial charge in [-0.15, -0.1) is 0 Å². The van der Waals surface area contributed by atoms with Gasteiger partial charge in [0.1, 0.15) is 11.9 Å². The van der Waals surface area contributed by atoms with E-state index in [1.807, 2.05) is 27.7 Å². The first-order valence-corrected chi connectivity index (χ1v) is 6.12. The van der Waals surface area contributed by atoms with Crippen LogP contribution in [0.15, 0.2) is 0 Å². The Morgan fingerprint density at radius 1 is 1.19 bits per heavy atom. The first-order chi connectivity index (χ1) is 7.42. The number of hydrogen-bond donors (Lipinski definition) is 0. The van der Waals surface area contributed by atoms with Gasteiger partial charge in [-0.05, 0) is 18.8 Å². The van der Waals surface area contributed by atoms with Crippen LogP contribution in [-0.4, -0.2) is 17.9 Å². The Morgan fingerprint density at radius 3 is 2.12 bits per heavy atom. The van der Waals surface area contributed by atoms with Gasteiger partial charge in [-0.2, -0.15) is 0 Å². The van der Waals surface area contributed by atoms with E-state index < -0.39 is 0 Å². The molecule has 94 valence electrons. The summed E-state index contributed by atoms with van der Waals surface area (Å²) in [5.74, 6) is 0.335. The average Bonchev–Trinajstić information content (AvgIpc) is 2.23. The number of ketones is 1. The summed E-state index contributed by atoms with van der Waals surface area (Å²) in [6.45, 7) is 9.29. The van der Waals surface area contributed by atoms with Gasteiger partial charge in [0.2, 0.25) is 0 Å². The maximum absolute atomic E-state index is 11.5. The largest absolute Gasteiger partial charge is 0.462 e. The lowest BCUT2D eigenvalue weighted by Crippen LogP contribution is -2.26. The van der Waals surface area contributed by atoms with E-state index in [9.17, 15) is 9.59 Å². The molecular formula is C13H24O3. The number of Topliss-reactive ketones (excluding diaryl/α,β-unsaturated/α-hetero) is 1. The number of carbonyl (C=O) groups excluding carboxylic acids is 2. The zero-order chi connectivity index (χ0) is 12.7. The first-order valence-electron chi connectivity index (χ1n) is 6.12. The third-order valence-electron chi connectivity index (χ3n) is 2.98. The predicted molar refractivity (Wildman–Crippen MR) is 64.1 cm³/mol. The van der Waals surface area contributed by atoms with Gasteiger partial charge in [0.15, 0.2) is 0 Å². The highest BCUT2D eigenvalue weighted by atomic mass is 16.5. The molecule has 0 bridgehead atoms. The molecule has 16 heavy (non-hydrogen) atoms. The smallest absolute Gasteiger partial charge is 0.302 e. The van der Waals surface area contributed by atoms with Crippen LogP contribution in [0.1, 0.15) is 53.9 Å². The zero-order valence-electron chi connectivity index (χ0n) is 11.1. The second kappa shape index (κ2) is 7.42. The number of ether oxygens (including phenoxy) is 1. The highest BCUT2D eigenvalue weighted by Gasteiger charge is 2.22. The van der Waals surface area contributed by atoms with Crippen molar-refractivity contribution in [1.29, 1.82) is 0 Å². The molecule has 0 heterocycles. The van der Waals surface area contributed by atoms with Gasteiger partial charge < -0.3 is 4.74 Å². The molecular weight excluding hydrogens is 204 g/mol. The van der Waals surface area contributed by atoms with Gasteiger partial charge in [0.05, 0.1) is 0 Å². The standard InChI is InChI=1S/C13H24O3/c1-6-12(15)9(3)8-10(4)13(7-2)16-11(5)14/h9-10,13H,6-8H2,1-5H3/t9-,10-,13+/m1/s1. The normalized spacial score (nSPS) is 16.3. The van der Waals surface area contributed by atoms with Crippen molar-refractivity contribution in [2.45, 2.75) is 60.0 Å². The molecule has 0 unspecified atom stereocenters. The van der Waals surface area contributed by atoms with Gasteiger partial charge in [0, 0.05) is 19.3 Å². The fourth-order valence-corrected chi connectivity index (χ4v) is 2.00. The van der Waals surface area contributed by atoms with Crippen LogP contribution in [0.4, 0.5) is 0 Å². The van der Waals surface area contributed by atoms with E-state index >= 15 is 0 Å². The molecule has 0 amide bonds. The molecule has 3 atom stereocenters. The van der Waals surface area contributed by atoms with Crippen LogP contribution in [0.5, 0.6) is 0 Å². The van der Waals surface area contributed by atoms with Crippen molar-refractivity contribution < 1.29 is 14.3 Å². The third-order valence-corrected chi connectivity index (χ3v) is 2.98. The Kier molecular flexibility index (Phi) is 7.02. The Bertz CT molecular complexity index is 235. The second-order valence-corrected chi connectivity index (χ2v) is 4.49. The number of esters is 1. The molecule has 0 aromatic rings. The van der Waals surface area contributed by atoms with Crippen molar-refractivity contribution in [2.24, 2.45) is 11.8 Å². The second-order valence-electron chi connectivity index (χ2n) is 4.49. The van der Waals surface area contributed by atoms with Crippen molar-refractivity contribution >= 4 is 11.8 Å². The predicted octanol–water partition coefficient (Wildman–Crippen LogP) is 2.97. The Hall–Kier alpha value is -0.860. The summed E-state index contributed by atoms with van der Waals surface area (Å²) in [5, 5.41) is 0. The lowest BCUT2D eigenvalue weighted by atomic mass is 9.88. The molecule has 0 N–H and O–H groups in total. The summed E-state index contributed by atoms with van der Waals surface area (Å²) in [6.07, 6.45) is 2.11. The number of rotatable bonds is 7. The molecule has 0 saturated heterocycles. The Morgan fingerprint density at radius 2 is 1.75 bits per heavy atom. The van der Waals surface area contributed by atoms with Gasteiger partial charge >= 0.3 is 5.97 Å². The topological polar surface area (TPSA) is 43.4 Å². The minimum atomic E-state index is -0.242. The third kappa shape index (κ3) is 5.29. The minimum Gasteiger partial charge on any atom is -0.462 e. The van der Waals surface area contributed by atoms with Crippen molar-refractivity contribution in [1.82, 2.24) is 0 Å². The first kappa shape index (κ1) is 15.1. The molecule has 0 aliphatic carbocycles. The van der Waals surface area contributed by atoms with Crippen LogP contribution in [0.2, 0.25) is 0 Å². The lowest BCUT2D eigenvalue weighted by Gasteiger charge is -2.24. The highest BCUT2D eigenvalue weighted by Crippen LogP contribution is 2.21. The summed E-state index contributed by atoms with van der Waals surface area (Å²) in [4.78, 5) is 22.4. The maximum Gasteiger partial charge on any atom is 0.302 e. The summed E-state index contributed by atoms with van der Waals surface area (Å²) < 4.78 is 5.23. The van der Waals surface area contributed by atoms with Gasteiger partial charge in [-0.1, -0.05) is 27.7 Å². The molecule has 0 spiro atoms. The van der Waals surface area contributed by atoms with Crippen molar-refractivity contribution in [2.75, 3.05) is 0 Å². The zero-order valence-corrected chi connectivity index (χ0v) is 11.1. The minimum absolute atomic E-state index is 0.0598. The van der Waals surface area contributed by atoms with E-state index in [1.54, 1.807) is 0 Å². The molecule has 0 saturated carbocycles. The van der Waals surface area contributed by atoms with Crippen molar-refractivity contribution in [3.63, 3.8) is 0 Å². The van der Waals surface area contributed by atoms with Crippen LogP contribution in [0.25, 0.3) is 0 Å². The van der Waals surface area contributed by atoms with E-state index in [-0.39, 0.29) is 29.7 Å². The molecule has 0 aromatic carbocycles. The molecule has 0 radical (unpaired) electrons. The fraction of sp³-hybridized carbons (Fsp3) is 0.846. The van der Waals surface area contributed by atoms with Crippen LogP contribution in [0, 0.1) is 11.8 Å². The molecule has 0 aliphatic heterocycles. The van der Waals surface area contributed by atoms with Crippen LogP contribution in [0.3, 0.4) is 0 Å². The fourth-order valence-electron chi connectivity index (χ4n) is 2.00. The quantitative estimate of drug-likeness (QED) is 0.629. The van der Waals surface area contributed by atoms with Crippen molar-refractivity contribution in [3.05, 3.63) is 0 Å². The van der Waals surface area contributed by atoms with E-state index in [2.05, 4.69) is 0 Å². The lowest BCUT2D eigenvalue weighted by molar-refractivity contribution is -0.149. The number of hydrogen-bond acceptors (Lipinski definition) is 3. The van der Waals surface area contributed by atoms with Crippen LogP contribution in [-0.2, 0) is 14.3 Å². The van der Waals surface area contributed by atoms with Gasteiger partial charge in [0.25, 0.3) is 0 Å². The van der Waals surface area contributed by atoms with Crippen molar-refractivity contribution in [3.8, 4) is 0 Å².